The SMILES string of the molecule is N[C@@H](C(=O)N1CCC[C@H]1C(=O)NCc1cccc(Cl)c1)C1CCCCC1. The number of benzene rings is 1. The summed E-state index contributed by atoms with van der Waals surface area (Å²) >= 11 is 5.98. The van der Waals surface area contributed by atoms with Crippen LogP contribution in [0.1, 0.15) is 50.5 Å². The molecule has 2 atom stereocenters. The molecule has 3 rings (SSSR count). The summed E-state index contributed by atoms with van der Waals surface area (Å²) in [5.74, 6) is 0.0935. The summed E-state index contributed by atoms with van der Waals surface area (Å²) in [6.45, 7) is 1.03. The molecule has 2 aliphatic rings. The second kappa shape index (κ2) is 8.87. The zero-order valence-electron chi connectivity index (χ0n) is 15.1. The number of nitrogens with one attached hydrogen (secondary N) is 1. The fraction of sp³-hybridized carbons (Fsp3) is 0.600. The summed E-state index contributed by atoms with van der Waals surface area (Å²) in [4.78, 5) is 27.2. The standard InChI is InChI=1S/C20H28ClN3O2/c21-16-9-4-6-14(12-16)13-23-19(25)17-10-5-11-24(17)20(26)18(22)15-7-2-1-3-8-15/h4,6,9,12,15,17-18H,1-3,5,7-8,10-11,13,22H2,(H,23,25)/t17-,18+/m0/s1. The van der Waals surface area contributed by atoms with Gasteiger partial charge in [-0.25, -0.2) is 0 Å². The minimum Gasteiger partial charge on any atom is -0.350 e. The van der Waals surface area contributed by atoms with E-state index in [9.17, 15) is 9.59 Å². The van der Waals surface area contributed by atoms with E-state index in [1.807, 2.05) is 18.2 Å². The molecule has 0 radical (unpaired) electrons. The van der Waals surface area contributed by atoms with E-state index in [1.165, 1.54) is 6.42 Å². The summed E-state index contributed by atoms with van der Waals surface area (Å²) in [7, 11) is 0. The van der Waals surface area contributed by atoms with Crippen molar-refractivity contribution < 1.29 is 9.59 Å². The van der Waals surface area contributed by atoms with Gasteiger partial charge in [0.25, 0.3) is 0 Å². The molecule has 1 aliphatic carbocycles. The summed E-state index contributed by atoms with van der Waals surface area (Å²) in [5, 5.41) is 3.59. The van der Waals surface area contributed by atoms with Gasteiger partial charge in [0.05, 0.1) is 6.04 Å². The highest BCUT2D eigenvalue weighted by atomic mass is 35.5. The van der Waals surface area contributed by atoms with E-state index in [0.717, 1.165) is 37.7 Å². The highest BCUT2D eigenvalue weighted by Crippen LogP contribution is 2.28. The van der Waals surface area contributed by atoms with Gasteiger partial charge < -0.3 is 16.0 Å². The Labute approximate surface area is 160 Å². The maximum atomic E-state index is 12.9. The van der Waals surface area contributed by atoms with Crippen LogP contribution in [0.2, 0.25) is 5.02 Å². The average molecular weight is 378 g/mol. The Kier molecular flexibility index (Phi) is 6.54. The number of halogens is 1. The number of carbonyl (C=O) groups is 2. The van der Waals surface area contributed by atoms with Gasteiger partial charge in [-0.1, -0.05) is 43.0 Å². The molecule has 0 spiro atoms. The van der Waals surface area contributed by atoms with Crippen molar-refractivity contribution in [2.24, 2.45) is 11.7 Å². The summed E-state index contributed by atoms with van der Waals surface area (Å²) < 4.78 is 0. The van der Waals surface area contributed by atoms with Crippen molar-refractivity contribution in [3.05, 3.63) is 34.9 Å². The van der Waals surface area contributed by atoms with Crippen LogP contribution in [0.4, 0.5) is 0 Å². The molecular weight excluding hydrogens is 350 g/mol. The number of rotatable bonds is 5. The Bertz CT molecular complexity index is 646. The largest absolute Gasteiger partial charge is 0.350 e. The van der Waals surface area contributed by atoms with Crippen molar-refractivity contribution in [3.63, 3.8) is 0 Å². The molecule has 2 amide bonds. The lowest BCUT2D eigenvalue weighted by molar-refractivity contribution is -0.140. The smallest absolute Gasteiger partial charge is 0.243 e. The molecule has 1 aromatic rings. The Hall–Kier alpha value is -1.59. The fourth-order valence-electron chi connectivity index (χ4n) is 4.14. The molecule has 0 unspecified atom stereocenters. The number of hydrogen-bond acceptors (Lipinski definition) is 3. The lowest BCUT2D eigenvalue weighted by Crippen LogP contribution is -2.53. The highest BCUT2D eigenvalue weighted by Gasteiger charge is 2.38. The van der Waals surface area contributed by atoms with Crippen LogP contribution in [0.25, 0.3) is 0 Å². The first kappa shape index (κ1) is 19.2. The van der Waals surface area contributed by atoms with Crippen molar-refractivity contribution in [1.82, 2.24) is 10.2 Å². The first-order valence-electron chi connectivity index (χ1n) is 9.64. The molecular formula is C20H28ClN3O2. The third kappa shape index (κ3) is 4.57. The van der Waals surface area contributed by atoms with Crippen molar-refractivity contribution in [2.45, 2.75) is 63.6 Å². The number of hydrogen-bond donors (Lipinski definition) is 2. The molecule has 142 valence electrons. The van der Waals surface area contributed by atoms with Gasteiger partial charge in [-0.3, -0.25) is 9.59 Å². The van der Waals surface area contributed by atoms with Crippen molar-refractivity contribution in [2.75, 3.05) is 6.54 Å². The van der Waals surface area contributed by atoms with Crippen LogP contribution in [-0.4, -0.2) is 35.3 Å². The zero-order valence-corrected chi connectivity index (χ0v) is 15.9. The van der Waals surface area contributed by atoms with E-state index in [-0.39, 0.29) is 17.7 Å². The van der Waals surface area contributed by atoms with Crippen molar-refractivity contribution >= 4 is 23.4 Å². The monoisotopic (exact) mass is 377 g/mol. The van der Waals surface area contributed by atoms with Crippen LogP contribution in [0.3, 0.4) is 0 Å². The van der Waals surface area contributed by atoms with Gasteiger partial charge >= 0.3 is 0 Å². The van der Waals surface area contributed by atoms with E-state index in [2.05, 4.69) is 5.32 Å². The normalized spacial score (nSPS) is 22.2. The number of carbonyl (C=O) groups excluding carboxylic acids is 2. The van der Waals surface area contributed by atoms with E-state index in [1.54, 1.807) is 11.0 Å². The molecule has 6 heteroatoms. The predicted octanol–water partition coefficient (Wildman–Crippen LogP) is 2.85. The molecule has 5 nitrogen and oxygen atoms in total. The second-order valence-electron chi connectivity index (χ2n) is 7.46. The molecule has 3 N–H and O–H groups in total. The molecule has 26 heavy (non-hydrogen) atoms. The molecule has 0 aromatic heterocycles. The van der Waals surface area contributed by atoms with E-state index in [0.29, 0.717) is 24.5 Å². The first-order valence-corrected chi connectivity index (χ1v) is 10.0. The third-order valence-electron chi connectivity index (χ3n) is 5.64. The summed E-state index contributed by atoms with van der Waals surface area (Å²) in [5.41, 5.74) is 7.22. The third-order valence-corrected chi connectivity index (χ3v) is 5.87. The average Bonchev–Trinajstić information content (AvgIpc) is 3.15. The molecule has 1 aromatic carbocycles. The molecule has 1 heterocycles. The van der Waals surface area contributed by atoms with Crippen molar-refractivity contribution in [3.8, 4) is 0 Å². The Balaban J connectivity index is 1.57. The molecule has 2 fully saturated rings. The number of nitrogens with zero attached hydrogens (tertiary/aromatic N) is 1. The number of nitrogens with two attached hydrogens (primary N) is 1. The molecule has 1 saturated heterocycles. The molecule has 1 aliphatic heterocycles. The fourth-order valence-corrected chi connectivity index (χ4v) is 4.36. The van der Waals surface area contributed by atoms with Gasteiger partial charge in [0.2, 0.25) is 11.8 Å². The Morgan fingerprint density at radius 2 is 1.96 bits per heavy atom. The van der Waals surface area contributed by atoms with Crippen molar-refractivity contribution in [1.29, 1.82) is 0 Å². The first-order chi connectivity index (χ1) is 12.6. The number of amides is 2. The summed E-state index contributed by atoms with van der Waals surface area (Å²) in [6.07, 6.45) is 7.11. The van der Waals surface area contributed by atoms with Crippen LogP contribution >= 0.6 is 11.6 Å². The second-order valence-corrected chi connectivity index (χ2v) is 7.90. The maximum absolute atomic E-state index is 12.9. The van der Waals surface area contributed by atoms with Crippen LogP contribution in [0.5, 0.6) is 0 Å². The lowest BCUT2D eigenvalue weighted by Gasteiger charge is -2.32. The van der Waals surface area contributed by atoms with Gasteiger partial charge in [0.1, 0.15) is 6.04 Å². The quantitative estimate of drug-likeness (QED) is 0.828. The minimum atomic E-state index is -0.475. The van der Waals surface area contributed by atoms with Gasteiger partial charge in [0, 0.05) is 18.1 Å². The van der Waals surface area contributed by atoms with E-state index >= 15 is 0 Å². The molecule has 0 bridgehead atoms. The Morgan fingerprint density at radius 1 is 1.19 bits per heavy atom. The minimum absolute atomic E-state index is 0.0581. The highest BCUT2D eigenvalue weighted by molar-refractivity contribution is 6.30. The summed E-state index contributed by atoms with van der Waals surface area (Å²) in [6, 6.07) is 6.53. The maximum Gasteiger partial charge on any atom is 0.243 e. The molecule has 1 saturated carbocycles. The van der Waals surface area contributed by atoms with E-state index in [4.69, 9.17) is 17.3 Å². The van der Waals surface area contributed by atoms with Gasteiger partial charge in [-0.05, 0) is 49.3 Å². The topological polar surface area (TPSA) is 75.4 Å². The predicted molar refractivity (Wildman–Crippen MR) is 103 cm³/mol. The Morgan fingerprint density at radius 3 is 2.69 bits per heavy atom. The number of likely N-dealkylation sites (tertiary alicyclic amines) is 1. The van der Waals surface area contributed by atoms with Crippen LogP contribution in [-0.2, 0) is 16.1 Å². The van der Waals surface area contributed by atoms with Crippen LogP contribution in [0.15, 0.2) is 24.3 Å². The van der Waals surface area contributed by atoms with Gasteiger partial charge in [0.15, 0.2) is 0 Å². The van der Waals surface area contributed by atoms with Gasteiger partial charge in [-0.15, -0.1) is 0 Å². The van der Waals surface area contributed by atoms with E-state index < -0.39 is 12.1 Å². The van der Waals surface area contributed by atoms with Crippen LogP contribution < -0.4 is 11.1 Å². The van der Waals surface area contributed by atoms with Crippen LogP contribution in [0, 0.1) is 5.92 Å². The zero-order chi connectivity index (χ0) is 18.5. The van der Waals surface area contributed by atoms with Gasteiger partial charge in [-0.2, -0.15) is 0 Å². The lowest BCUT2D eigenvalue weighted by atomic mass is 9.83.